The number of hydrogen-bond donors (Lipinski definition) is 0. The maximum atomic E-state index is 12.2. The zero-order valence-electron chi connectivity index (χ0n) is 10.4. The minimum Gasteiger partial charge on any atom is -0.406 e. The largest absolute Gasteiger partial charge is 0.573 e. The highest BCUT2D eigenvalue weighted by atomic mass is 32.1. The molecule has 0 aliphatic carbocycles. The lowest BCUT2D eigenvalue weighted by molar-refractivity contribution is -0.274. The highest BCUT2D eigenvalue weighted by Gasteiger charge is 2.31. The van der Waals surface area contributed by atoms with Crippen LogP contribution in [0.2, 0.25) is 0 Å². The number of alkyl halides is 3. The maximum absolute atomic E-state index is 12.2. The predicted molar refractivity (Wildman–Crippen MR) is 74.1 cm³/mol. The number of rotatable bonds is 2. The molecular weight excluding hydrogens is 303 g/mol. The molecule has 2 aromatic carbocycles. The molecule has 0 unspecified atom stereocenters. The Hall–Kier alpha value is -2.28. The number of halogens is 3. The molecule has 3 nitrogen and oxygen atoms in total. The van der Waals surface area contributed by atoms with E-state index in [-0.39, 0.29) is 11.3 Å². The molecule has 0 atom stereocenters. The van der Waals surface area contributed by atoms with Crippen LogP contribution in [0.4, 0.5) is 13.2 Å². The molecule has 0 N–H and O–H groups in total. The Balaban J connectivity index is 2.09. The van der Waals surface area contributed by atoms with Crippen molar-refractivity contribution in [2.24, 2.45) is 0 Å². The summed E-state index contributed by atoms with van der Waals surface area (Å²) < 4.78 is 42.7. The smallest absolute Gasteiger partial charge is 0.406 e. The van der Waals surface area contributed by atoms with Gasteiger partial charge >= 0.3 is 6.36 Å². The van der Waals surface area contributed by atoms with E-state index in [0.717, 1.165) is 4.70 Å². The lowest BCUT2D eigenvalue weighted by Crippen LogP contribution is -2.17. The second-order valence-corrected chi connectivity index (χ2v) is 5.22. The van der Waals surface area contributed by atoms with Gasteiger partial charge in [-0.15, -0.1) is 13.2 Å². The molecule has 0 aliphatic rings. The Morgan fingerprint density at radius 2 is 1.81 bits per heavy atom. The minimum absolute atomic E-state index is 0.264. The number of fused-ring (bicyclic) bond motifs is 1. The van der Waals surface area contributed by atoms with Gasteiger partial charge in [0.15, 0.2) is 0 Å². The first kappa shape index (κ1) is 13.7. The van der Waals surface area contributed by atoms with Crippen LogP contribution >= 0.6 is 11.5 Å². The van der Waals surface area contributed by atoms with Crippen LogP contribution in [0.3, 0.4) is 0 Å². The summed E-state index contributed by atoms with van der Waals surface area (Å²) in [4.78, 5) is 12.2. The molecule has 21 heavy (non-hydrogen) atoms. The standard InChI is InChI=1S/C14H8F3NO2S/c15-14(16,17)20-10-5-3-4-9(8-10)18-13(19)11-6-1-2-7-12(11)21-18/h1-8H. The van der Waals surface area contributed by atoms with Gasteiger partial charge in [0.05, 0.1) is 15.8 Å². The SMILES string of the molecule is O=c1c2ccccc2sn1-c1cccc(OC(F)(F)F)c1. The third-order valence-corrected chi connectivity index (χ3v) is 3.89. The average Bonchev–Trinajstić information content (AvgIpc) is 2.75. The van der Waals surface area contributed by atoms with E-state index < -0.39 is 6.36 Å². The molecule has 0 fully saturated rings. The summed E-state index contributed by atoms with van der Waals surface area (Å²) in [6.45, 7) is 0. The summed E-state index contributed by atoms with van der Waals surface area (Å²) in [5, 5.41) is 0.532. The minimum atomic E-state index is -4.76. The number of ether oxygens (including phenoxy) is 1. The normalized spacial score (nSPS) is 11.8. The van der Waals surface area contributed by atoms with Crippen molar-refractivity contribution < 1.29 is 17.9 Å². The number of aromatic nitrogens is 1. The molecule has 3 rings (SSSR count). The van der Waals surface area contributed by atoms with Crippen molar-refractivity contribution in [1.29, 1.82) is 0 Å². The van der Waals surface area contributed by atoms with Gasteiger partial charge in [-0.25, -0.2) is 3.96 Å². The molecule has 0 aliphatic heterocycles. The highest BCUT2D eigenvalue weighted by Crippen LogP contribution is 2.26. The molecule has 1 heterocycles. The van der Waals surface area contributed by atoms with Gasteiger partial charge in [-0.05, 0) is 24.3 Å². The van der Waals surface area contributed by atoms with E-state index in [1.807, 2.05) is 0 Å². The second-order valence-electron chi connectivity index (χ2n) is 4.23. The van der Waals surface area contributed by atoms with Crippen LogP contribution in [0, 0.1) is 0 Å². The fraction of sp³-hybridized carbons (Fsp3) is 0.0714. The molecule has 0 radical (unpaired) electrons. The summed E-state index contributed by atoms with van der Waals surface area (Å²) in [5.41, 5.74) is 0.0720. The van der Waals surface area contributed by atoms with Crippen LogP contribution in [0.5, 0.6) is 5.75 Å². The first-order chi connectivity index (χ1) is 9.94. The molecule has 0 saturated heterocycles. The van der Waals surface area contributed by atoms with E-state index in [4.69, 9.17) is 0 Å². The van der Waals surface area contributed by atoms with Gasteiger partial charge in [-0.2, -0.15) is 0 Å². The summed E-state index contributed by atoms with van der Waals surface area (Å²) in [6, 6.07) is 12.3. The van der Waals surface area contributed by atoms with Gasteiger partial charge in [0.1, 0.15) is 5.75 Å². The van der Waals surface area contributed by atoms with Crippen molar-refractivity contribution in [2.75, 3.05) is 0 Å². The molecule has 0 bridgehead atoms. The van der Waals surface area contributed by atoms with Crippen molar-refractivity contribution in [3.8, 4) is 11.4 Å². The zero-order valence-corrected chi connectivity index (χ0v) is 11.2. The van der Waals surface area contributed by atoms with Gasteiger partial charge < -0.3 is 4.74 Å². The van der Waals surface area contributed by atoms with Gasteiger partial charge in [-0.3, -0.25) is 4.79 Å². The van der Waals surface area contributed by atoms with E-state index in [1.165, 1.54) is 33.7 Å². The van der Waals surface area contributed by atoms with Gasteiger partial charge in [0.2, 0.25) is 0 Å². The van der Waals surface area contributed by atoms with E-state index in [2.05, 4.69) is 4.74 Å². The number of hydrogen-bond acceptors (Lipinski definition) is 3. The summed E-state index contributed by atoms with van der Waals surface area (Å²) in [5.74, 6) is -0.357. The van der Waals surface area contributed by atoms with Crippen molar-refractivity contribution in [2.45, 2.75) is 6.36 Å². The van der Waals surface area contributed by atoms with E-state index in [9.17, 15) is 18.0 Å². The van der Waals surface area contributed by atoms with Crippen LogP contribution in [0.1, 0.15) is 0 Å². The fourth-order valence-corrected chi connectivity index (χ4v) is 2.94. The van der Waals surface area contributed by atoms with E-state index in [1.54, 1.807) is 30.3 Å². The van der Waals surface area contributed by atoms with Gasteiger partial charge in [0, 0.05) is 6.07 Å². The summed E-state index contributed by atoms with van der Waals surface area (Å²) in [7, 11) is 0. The van der Waals surface area contributed by atoms with E-state index >= 15 is 0 Å². The van der Waals surface area contributed by atoms with Crippen molar-refractivity contribution in [1.82, 2.24) is 3.96 Å². The molecule has 0 amide bonds. The Labute approximate surface area is 121 Å². The first-order valence-electron chi connectivity index (χ1n) is 5.91. The van der Waals surface area contributed by atoms with E-state index in [0.29, 0.717) is 11.1 Å². The van der Waals surface area contributed by atoms with Crippen LogP contribution in [0.15, 0.2) is 53.3 Å². The number of nitrogens with zero attached hydrogens (tertiary/aromatic N) is 1. The molecule has 1 aromatic heterocycles. The molecule has 3 aromatic rings. The Bertz CT molecular complexity index is 851. The van der Waals surface area contributed by atoms with Gasteiger partial charge in [-0.1, -0.05) is 29.7 Å². The second kappa shape index (κ2) is 4.92. The molecule has 0 spiro atoms. The highest BCUT2D eigenvalue weighted by molar-refractivity contribution is 7.14. The van der Waals surface area contributed by atoms with Crippen LogP contribution in [-0.4, -0.2) is 10.3 Å². The Morgan fingerprint density at radius 1 is 1.05 bits per heavy atom. The van der Waals surface area contributed by atoms with Crippen LogP contribution < -0.4 is 10.3 Å². The lowest BCUT2D eigenvalue weighted by Gasteiger charge is -2.09. The third kappa shape index (κ3) is 2.78. The van der Waals surface area contributed by atoms with Gasteiger partial charge in [0.25, 0.3) is 5.56 Å². The van der Waals surface area contributed by atoms with Crippen molar-refractivity contribution in [3.63, 3.8) is 0 Å². The first-order valence-corrected chi connectivity index (χ1v) is 6.69. The van der Waals surface area contributed by atoms with Crippen LogP contribution in [-0.2, 0) is 0 Å². The average molecular weight is 311 g/mol. The van der Waals surface area contributed by atoms with Crippen LogP contribution in [0.25, 0.3) is 15.8 Å². The van der Waals surface area contributed by atoms with Crippen molar-refractivity contribution in [3.05, 3.63) is 58.9 Å². The monoisotopic (exact) mass is 311 g/mol. The topological polar surface area (TPSA) is 31.2 Å². The number of benzene rings is 2. The maximum Gasteiger partial charge on any atom is 0.573 e. The fourth-order valence-electron chi connectivity index (χ4n) is 1.95. The predicted octanol–water partition coefficient (Wildman–Crippen LogP) is 3.95. The lowest BCUT2D eigenvalue weighted by atomic mass is 10.3. The molecule has 108 valence electrons. The third-order valence-electron chi connectivity index (χ3n) is 2.78. The van der Waals surface area contributed by atoms with Crippen molar-refractivity contribution >= 4 is 21.6 Å². The molecule has 0 saturated carbocycles. The quantitative estimate of drug-likeness (QED) is 0.717. The zero-order chi connectivity index (χ0) is 15.0. The Morgan fingerprint density at radius 3 is 2.52 bits per heavy atom. The summed E-state index contributed by atoms with van der Waals surface area (Å²) >= 11 is 1.17. The Kier molecular flexibility index (Phi) is 3.21. The molecule has 7 heteroatoms. The molecular formula is C14H8F3NO2S. The summed E-state index contributed by atoms with van der Waals surface area (Å²) in [6.07, 6.45) is -4.76.